The molecule has 23 heavy (non-hydrogen) atoms. The Hall–Kier alpha value is -3.02. The van der Waals surface area contributed by atoms with Crippen LogP contribution in [0.2, 0.25) is 0 Å². The molecule has 0 atom stereocenters. The van der Waals surface area contributed by atoms with Crippen LogP contribution in [-0.2, 0) is 17.9 Å². The number of amides is 3. The van der Waals surface area contributed by atoms with E-state index >= 15 is 0 Å². The van der Waals surface area contributed by atoms with Gasteiger partial charge in [0.05, 0.1) is 23.4 Å². The first-order chi connectivity index (χ1) is 11.1. The fraction of sp³-hybridized carbons (Fsp3) is 0.176. The summed E-state index contributed by atoms with van der Waals surface area (Å²) in [6.07, 6.45) is 1.69. The van der Waals surface area contributed by atoms with Crippen molar-refractivity contribution in [3.8, 4) is 0 Å². The first-order valence-corrected chi connectivity index (χ1v) is 7.31. The molecule has 0 fully saturated rings. The van der Waals surface area contributed by atoms with E-state index in [2.05, 4.69) is 4.98 Å². The van der Waals surface area contributed by atoms with Crippen molar-refractivity contribution in [2.45, 2.75) is 13.1 Å². The average molecular weight is 307 g/mol. The number of nitrogens with zero attached hydrogens (tertiary/aromatic N) is 3. The summed E-state index contributed by atoms with van der Waals surface area (Å²) in [6, 6.07) is 10.4. The number of rotatable bonds is 2. The molecule has 6 nitrogen and oxygen atoms in total. The van der Waals surface area contributed by atoms with E-state index in [0.717, 1.165) is 16.2 Å². The van der Waals surface area contributed by atoms with Crippen LogP contribution < -0.4 is 0 Å². The zero-order valence-electron chi connectivity index (χ0n) is 12.2. The Kier molecular flexibility index (Phi) is 2.97. The van der Waals surface area contributed by atoms with Gasteiger partial charge in [-0.05, 0) is 23.8 Å². The van der Waals surface area contributed by atoms with E-state index in [9.17, 15) is 14.4 Å². The lowest BCUT2D eigenvalue weighted by Gasteiger charge is -2.19. The Morgan fingerprint density at radius 2 is 1.70 bits per heavy atom. The molecule has 1 aromatic heterocycles. The van der Waals surface area contributed by atoms with Crippen molar-refractivity contribution in [3.05, 3.63) is 65.0 Å². The maximum Gasteiger partial charge on any atom is 0.262 e. The average Bonchev–Trinajstić information content (AvgIpc) is 3.11. The van der Waals surface area contributed by atoms with Gasteiger partial charge in [0, 0.05) is 12.7 Å². The summed E-state index contributed by atoms with van der Waals surface area (Å²) in [5.41, 5.74) is 2.58. The molecule has 2 aromatic rings. The van der Waals surface area contributed by atoms with Gasteiger partial charge in [-0.25, -0.2) is 0 Å². The number of hydrogen-bond acceptors (Lipinski definition) is 4. The minimum Gasteiger partial charge on any atom is -0.331 e. The Bertz CT molecular complexity index is 786. The molecule has 0 bridgehead atoms. The lowest BCUT2D eigenvalue weighted by molar-refractivity contribution is -0.132. The van der Waals surface area contributed by atoms with Gasteiger partial charge in [0.15, 0.2) is 0 Å². The van der Waals surface area contributed by atoms with Crippen LogP contribution in [0, 0.1) is 0 Å². The minimum atomic E-state index is -0.409. The molecule has 0 unspecified atom stereocenters. The summed E-state index contributed by atoms with van der Waals surface area (Å²) in [5.74, 6) is -1.07. The molecule has 6 heteroatoms. The van der Waals surface area contributed by atoms with Gasteiger partial charge in [0.1, 0.15) is 6.54 Å². The number of imide groups is 1. The predicted molar refractivity (Wildman–Crippen MR) is 80.3 cm³/mol. The second-order valence-corrected chi connectivity index (χ2v) is 5.60. The summed E-state index contributed by atoms with van der Waals surface area (Å²) in [6.45, 7) is 0.643. The van der Waals surface area contributed by atoms with Crippen molar-refractivity contribution in [1.29, 1.82) is 0 Å². The summed E-state index contributed by atoms with van der Waals surface area (Å²) >= 11 is 0. The Morgan fingerprint density at radius 1 is 1.00 bits per heavy atom. The maximum atomic E-state index is 12.5. The van der Waals surface area contributed by atoms with Crippen molar-refractivity contribution in [2.75, 3.05) is 6.54 Å². The van der Waals surface area contributed by atoms with Crippen molar-refractivity contribution < 1.29 is 14.4 Å². The predicted octanol–water partition coefficient (Wildman–Crippen LogP) is 1.22. The second kappa shape index (κ2) is 5.01. The zero-order chi connectivity index (χ0) is 16.0. The van der Waals surface area contributed by atoms with Gasteiger partial charge in [0.2, 0.25) is 5.91 Å². The lowest BCUT2D eigenvalue weighted by atomic mass is 10.1. The van der Waals surface area contributed by atoms with E-state index in [4.69, 9.17) is 0 Å². The largest absolute Gasteiger partial charge is 0.331 e. The van der Waals surface area contributed by atoms with E-state index < -0.39 is 11.8 Å². The van der Waals surface area contributed by atoms with Crippen LogP contribution in [0.15, 0.2) is 42.6 Å². The SMILES string of the molecule is O=C(CN1C(=O)c2ccccc2C1=O)N1Cc2cccnc2C1. The third-order valence-corrected chi connectivity index (χ3v) is 4.21. The molecular weight excluding hydrogens is 294 g/mol. The molecule has 0 radical (unpaired) electrons. The number of aromatic nitrogens is 1. The maximum absolute atomic E-state index is 12.5. The molecule has 2 aliphatic rings. The van der Waals surface area contributed by atoms with Crippen LogP contribution in [0.4, 0.5) is 0 Å². The molecule has 3 amide bonds. The molecule has 0 spiro atoms. The molecule has 2 aliphatic heterocycles. The zero-order valence-corrected chi connectivity index (χ0v) is 12.2. The summed E-state index contributed by atoms with van der Waals surface area (Å²) < 4.78 is 0. The highest BCUT2D eigenvalue weighted by atomic mass is 16.2. The fourth-order valence-electron chi connectivity index (χ4n) is 2.99. The number of fused-ring (bicyclic) bond motifs is 2. The number of benzene rings is 1. The quantitative estimate of drug-likeness (QED) is 0.782. The first-order valence-electron chi connectivity index (χ1n) is 7.31. The van der Waals surface area contributed by atoms with Gasteiger partial charge >= 0.3 is 0 Å². The van der Waals surface area contributed by atoms with Gasteiger partial charge in [-0.2, -0.15) is 0 Å². The molecule has 3 heterocycles. The van der Waals surface area contributed by atoms with Gasteiger partial charge in [-0.3, -0.25) is 24.3 Å². The second-order valence-electron chi connectivity index (χ2n) is 5.60. The van der Waals surface area contributed by atoms with Crippen molar-refractivity contribution in [2.24, 2.45) is 0 Å². The number of carbonyl (C=O) groups is 3. The molecule has 0 N–H and O–H groups in total. The summed E-state index contributed by atoms with van der Waals surface area (Å²) in [4.78, 5) is 43.9. The van der Waals surface area contributed by atoms with Crippen molar-refractivity contribution >= 4 is 17.7 Å². The number of carbonyl (C=O) groups excluding carboxylic acids is 3. The van der Waals surface area contributed by atoms with Crippen LogP contribution in [0.1, 0.15) is 32.0 Å². The van der Waals surface area contributed by atoms with Crippen LogP contribution in [-0.4, -0.2) is 39.1 Å². The van der Waals surface area contributed by atoms with Gasteiger partial charge in [-0.15, -0.1) is 0 Å². The minimum absolute atomic E-state index is 0.236. The van der Waals surface area contributed by atoms with E-state index in [-0.39, 0.29) is 12.5 Å². The monoisotopic (exact) mass is 307 g/mol. The molecule has 0 saturated heterocycles. The molecular formula is C17H13N3O3. The molecule has 1 aromatic carbocycles. The Morgan fingerprint density at radius 3 is 2.35 bits per heavy atom. The van der Waals surface area contributed by atoms with Gasteiger partial charge in [-0.1, -0.05) is 18.2 Å². The van der Waals surface area contributed by atoms with E-state index in [1.165, 1.54) is 0 Å². The lowest BCUT2D eigenvalue weighted by Crippen LogP contribution is -2.40. The van der Waals surface area contributed by atoms with E-state index in [1.807, 2.05) is 12.1 Å². The smallest absolute Gasteiger partial charge is 0.262 e. The highest BCUT2D eigenvalue weighted by Gasteiger charge is 2.37. The van der Waals surface area contributed by atoms with Crippen LogP contribution in [0.25, 0.3) is 0 Å². The summed E-state index contributed by atoms with van der Waals surface area (Å²) in [7, 11) is 0. The molecule has 0 aliphatic carbocycles. The van der Waals surface area contributed by atoms with Crippen LogP contribution in [0.5, 0.6) is 0 Å². The van der Waals surface area contributed by atoms with Gasteiger partial charge in [0.25, 0.3) is 11.8 Å². The number of hydrogen-bond donors (Lipinski definition) is 0. The Balaban J connectivity index is 1.51. The van der Waals surface area contributed by atoms with Crippen molar-refractivity contribution in [1.82, 2.24) is 14.8 Å². The first kappa shape index (κ1) is 13.6. The van der Waals surface area contributed by atoms with Crippen LogP contribution >= 0.6 is 0 Å². The van der Waals surface area contributed by atoms with Crippen LogP contribution in [0.3, 0.4) is 0 Å². The third kappa shape index (κ3) is 2.11. The van der Waals surface area contributed by atoms with Crippen molar-refractivity contribution in [3.63, 3.8) is 0 Å². The van der Waals surface area contributed by atoms with E-state index in [0.29, 0.717) is 24.2 Å². The van der Waals surface area contributed by atoms with Gasteiger partial charge < -0.3 is 4.90 Å². The molecule has 114 valence electrons. The molecule has 0 saturated carbocycles. The summed E-state index contributed by atoms with van der Waals surface area (Å²) in [5, 5.41) is 0. The Labute approximate surface area is 132 Å². The number of pyridine rings is 1. The topological polar surface area (TPSA) is 70.6 Å². The molecule has 4 rings (SSSR count). The normalized spacial score (nSPS) is 15.8. The van der Waals surface area contributed by atoms with E-state index in [1.54, 1.807) is 35.4 Å². The fourth-order valence-corrected chi connectivity index (χ4v) is 2.99. The highest BCUT2D eigenvalue weighted by molar-refractivity contribution is 6.22. The standard InChI is InChI=1S/C17H13N3O3/c21-15(19-8-11-4-3-7-18-14(11)9-19)10-20-16(22)12-5-1-2-6-13(12)17(20)23/h1-7H,8-10H2. The third-order valence-electron chi connectivity index (χ3n) is 4.21. The highest BCUT2D eigenvalue weighted by Crippen LogP contribution is 2.24.